The Bertz CT molecular complexity index is 588. The van der Waals surface area contributed by atoms with Crippen LogP contribution in [0.2, 0.25) is 4.34 Å². The number of rotatable bonds is 4. The molecule has 0 fully saturated rings. The number of hydrogen-bond donors (Lipinski definition) is 1. The van der Waals surface area contributed by atoms with Crippen LogP contribution in [0.4, 0.5) is 8.78 Å². The molecule has 19 heavy (non-hydrogen) atoms. The van der Waals surface area contributed by atoms with Crippen molar-refractivity contribution in [2.45, 2.75) is 12.5 Å². The predicted octanol–water partition coefficient (Wildman–Crippen LogP) is 4.95. The fraction of sp³-hybridized carbons (Fsp3) is 0.231. The zero-order valence-corrected chi connectivity index (χ0v) is 13.2. The lowest BCUT2D eigenvalue weighted by Gasteiger charge is -2.16. The minimum atomic E-state index is -0.553. The first kappa shape index (κ1) is 14.9. The van der Waals surface area contributed by atoms with Crippen LogP contribution in [0.3, 0.4) is 0 Å². The summed E-state index contributed by atoms with van der Waals surface area (Å²) >= 11 is 10.4. The summed E-state index contributed by atoms with van der Waals surface area (Å²) in [4.78, 5) is 0.950. The molecule has 0 saturated heterocycles. The van der Waals surface area contributed by atoms with Gasteiger partial charge in [-0.2, -0.15) is 0 Å². The molecule has 0 aliphatic rings. The molecule has 6 heteroatoms. The Balaban J connectivity index is 2.31. The van der Waals surface area contributed by atoms with Crippen LogP contribution >= 0.6 is 38.9 Å². The van der Waals surface area contributed by atoms with E-state index < -0.39 is 11.6 Å². The summed E-state index contributed by atoms with van der Waals surface area (Å²) in [5.74, 6) is -1.09. The van der Waals surface area contributed by atoms with Gasteiger partial charge in [-0.3, -0.25) is 0 Å². The van der Waals surface area contributed by atoms with Gasteiger partial charge in [-0.1, -0.05) is 11.6 Å². The third-order valence-electron chi connectivity index (χ3n) is 2.83. The van der Waals surface area contributed by atoms with Gasteiger partial charge in [0.15, 0.2) is 0 Å². The third-order valence-corrected chi connectivity index (χ3v) is 4.79. The average molecular weight is 367 g/mol. The van der Waals surface area contributed by atoms with Crippen molar-refractivity contribution in [3.8, 4) is 0 Å². The second-order valence-electron chi connectivity index (χ2n) is 4.01. The Morgan fingerprint density at radius 2 is 2.05 bits per heavy atom. The van der Waals surface area contributed by atoms with E-state index >= 15 is 0 Å². The first-order chi connectivity index (χ1) is 9.02. The summed E-state index contributed by atoms with van der Waals surface area (Å²) in [6.07, 6.45) is 0.227. The second kappa shape index (κ2) is 6.31. The van der Waals surface area contributed by atoms with E-state index in [-0.39, 0.29) is 22.5 Å². The Morgan fingerprint density at radius 3 is 2.63 bits per heavy atom. The SMILES string of the molecule is CNC(Cc1c(F)ccc(Br)c1F)c1ccc(Cl)s1. The van der Waals surface area contributed by atoms with Gasteiger partial charge >= 0.3 is 0 Å². The molecule has 2 aromatic rings. The summed E-state index contributed by atoms with van der Waals surface area (Å²) in [6, 6.07) is 6.10. The van der Waals surface area contributed by atoms with Crippen molar-refractivity contribution < 1.29 is 8.78 Å². The monoisotopic (exact) mass is 365 g/mol. The van der Waals surface area contributed by atoms with E-state index in [9.17, 15) is 8.78 Å². The smallest absolute Gasteiger partial charge is 0.143 e. The summed E-state index contributed by atoms with van der Waals surface area (Å²) in [5.41, 5.74) is 0.0678. The highest BCUT2D eigenvalue weighted by molar-refractivity contribution is 9.10. The fourth-order valence-electron chi connectivity index (χ4n) is 1.82. The molecule has 102 valence electrons. The van der Waals surface area contributed by atoms with Gasteiger partial charge in [0, 0.05) is 16.5 Å². The van der Waals surface area contributed by atoms with Crippen LogP contribution in [0.15, 0.2) is 28.7 Å². The van der Waals surface area contributed by atoms with E-state index in [0.29, 0.717) is 4.34 Å². The molecule has 2 rings (SSSR count). The van der Waals surface area contributed by atoms with Gasteiger partial charge in [-0.15, -0.1) is 11.3 Å². The maximum Gasteiger partial charge on any atom is 0.143 e. The Kier molecular flexibility index (Phi) is 4.95. The molecule has 0 radical (unpaired) electrons. The molecule has 0 saturated carbocycles. The molecule has 1 nitrogen and oxygen atoms in total. The number of benzene rings is 1. The number of halogens is 4. The summed E-state index contributed by atoms with van der Waals surface area (Å²) in [7, 11) is 1.76. The molecule has 0 aliphatic heterocycles. The van der Waals surface area contributed by atoms with Crippen LogP contribution in [-0.2, 0) is 6.42 Å². The van der Waals surface area contributed by atoms with Crippen LogP contribution < -0.4 is 5.32 Å². The predicted molar refractivity (Wildman–Crippen MR) is 78.9 cm³/mol. The van der Waals surface area contributed by atoms with Crippen molar-refractivity contribution >= 4 is 38.9 Å². The van der Waals surface area contributed by atoms with Gasteiger partial charge in [0.2, 0.25) is 0 Å². The summed E-state index contributed by atoms with van der Waals surface area (Å²) in [6.45, 7) is 0. The molecule has 1 atom stereocenters. The summed E-state index contributed by atoms with van der Waals surface area (Å²) in [5, 5.41) is 3.06. The van der Waals surface area contributed by atoms with Crippen LogP contribution in [0.25, 0.3) is 0 Å². The zero-order valence-electron chi connectivity index (χ0n) is 10.0. The third kappa shape index (κ3) is 3.34. The van der Waals surface area contributed by atoms with Gasteiger partial charge in [0.1, 0.15) is 11.6 Å². The van der Waals surface area contributed by atoms with Crippen LogP contribution in [0.1, 0.15) is 16.5 Å². The van der Waals surface area contributed by atoms with Crippen LogP contribution in [0.5, 0.6) is 0 Å². The van der Waals surface area contributed by atoms with Crippen LogP contribution in [-0.4, -0.2) is 7.05 Å². The van der Waals surface area contributed by atoms with Crippen molar-refractivity contribution in [1.29, 1.82) is 0 Å². The van der Waals surface area contributed by atoms with Gasteiger partial charge < -0.3 is 5.32 Å². The highest BCUT2D eigenvalue weighted by atomic mass is 79.9. The number of likely N-dealkylation sites (N-methyl/N-ethyl adjacent to an activating group) is 1. The second-order valence-corrected chi connectivity index (χ2v) is 6.61. The lowest BCUT2D eigenvalue weighted by Crippen LogP contribution is -2.19. The van der Waals surface area contributed by atoms with Crippen molar-refractivity contribution in [2.75, 3.05) is 7.05 Å². The van der Waals surface area contributed by atoms with Crippen molar-refractivity contribution in [2.24, 2.45) is 0 Å². The van der Waals surface area contributed by atoms with E-state index in [1.54, 1.807) is 13.1 Å². The molecule has 0 aliphatic carbocycles. The van der Waals surface area contributed by atoms with Gasteiger partial charge in [0.25, 0.3) is 0 Å². The van der Waals surface area contributed by atoms with E-state index in [4.69, 9.17) is 11.6 Å². The molecular weight excluding hydrogens is 356 g/mol. The first-order valence-corrected chi connectivity index (χ1v) is 7.56. The minimum Gasteiger partial charge on any atom is -0.312 e. The molecule has 1 heterocycles. The quantitative estimate of drug-likeness (QED) is 0.755. The zero-order chi connectivity index (χ0) is 14.0. The van der Waals surface area contributed by atoms with Gasteiger partial charge in [-0.05, 0) is 53.7 Å². The van der Waals surface area contributed by atoms with Crippen molar-refractivity contribution in [3.63, 3.8) is 0 Å². The van der Waals surface area contributed by atoms with Gasteiger partial charge in [0.05, 0.1) is 8.81 Å². The lowest BCUT2D eigenvalue weighted by atomic mass is 10.0. The molecule has 1 N–H and O–H groups in total. The van der Waals surface area contributed by atoms with Crippen LogP contribution in [0, 0.1) is 11.6 Å². The Hall–Kier alpha value is -0.490. The van der Waals surface area contributed by atoms with E-state index in [2.05, 4.69) is 21.2 Å². The van der Waals surface area contributed by atoms with E-state index in [1.165, 1.54) is 23.5 Å². The number of nitrogens with one attached hydrogen (secondary N) is 1. The number of thiophene rings is 1. The van der Waals surface area contributed by atoms with E-state index in [1.807, 2.05) is 6.07 Å². The standard InChI is InChI=1S/C13H11BrClF2NS/c1-18-10(11-4-5-12(15)19-11)6-7-9(16)3-2-8(14)13(7)17/h2-5,10,18H,6H2,1H3. The van der Waals surface area contributed by atoms with Gasteiger partial charge in [-0.25, -0.2) is 8.78 Å². The highest BCUT2D eigenvalue weighted by Crippen LogP contribution is 2.31. The Morgan fingerprint density at radius 1 is 1.32 bits per heavy atom. The molecule has 0 spiro atoms. The minimum absolute atomic E-state index is 0.0678. The maximum absolute atomic E-state index is 13.9. The molecular formula is C13H11BrClF2NS. The molecule has 0 amide bonds. The maximum atomic E-state index is 13.9. The first-order valence-electron chi connectivity index (χ1n) is 5.57. The molecule has 1 unspecified atom stereocenters. The fourth-order valence-corrected chi connectivity index (χ4v) is 3.36. The lowest BCUT2D eigenvalue weighted by molar-refractivity contribution is 0.516. The summed E-state index contributed by atoms with van der Waals surface area (Å²) < 4.78 is 28.6. The molecule has 1 aromatic carbocycles. The molecule has 0 bridgehead atoms. The highest BCUT2D eigenvalue weighted by Gasteiger charge is 2.19. The van der Waals surface area contributed by atoms with Crippen molar-refractivity contribution in [3.05, 3.63) is 55.1 Å². The van der Waals surface area contributed by atoms with Crippen molar-refractivity contribution in [1.82, 2.24) is 5.32 Å². The largest absolute Gasteiger partial charge is 0.312 e. The van der Waals surface area contributed by atoms with E-state index in [0.717, 1.165) is 4.88 Å². The normalized spacial score (nSPS) is 12.7. The Labute approximate surface area is 127 Å². The number of hydrogen-bond acceptors (Lipinski definition) is 2. The average Bonchev–Trinajstić information content (AvgIpc) is 2.81. The molecule has 1 aromatic heterocycles. The topological polar surface area (TPSA) is 12.0 Å².